The normalized spacial score (nSPS) is 25.0. The summed E-state index contributed by atoms with van der Waals surface area (Å²) in [5.74, 6) is -1.82. The highest BCUT2D eigenvalue weighted by molar-refractivity contribution is 5.65. The van der Waals surface area contributed by atoms with E-state index in [4.69, 9.17) is 4.74 Å². The Morgan fingerprint density at radius 2 is 1.64 bits per heavy atom. The first-order valence-corrected chi connectivity index (χ1v) is 6.86. The van der Waals surface area contributed by atoms with Crippen molar-refractivity contribution in [2.45, 2.75) is 17.9 Å². The Labute approximate surface area is 125 Å². The van der Waals surface area contributed by atoms with E-state index in [-0.39, 0.29) is 36.0 Å². The molecule has 0 unspecified atom stereocenters. The maximum Gasteiger partial charge on any atom is 0.200 e. The molecule has 0 saturated carbocycles. The van der Waals surface area contributed by atoms with Crippen LogP contribution in [0.4, 0.5) is 0 Å². The van der Waals surface area contributed by atoms with Gasteiger partial charge in [0.25, 0.3) is 0 Å². The molecule has 2 aromatic rings. The Kier molecular flexibility index (Phi) is 2.37. The third kappa shape index (κ3) is 1.47. The van der Waals surface area contributed by atoms with Crippen molar-refractivity contribution in [2.75, 3.05) is 6.61 Å². The number of phenolic OH excluding ortho intramolecular Hbond substituents is 4. The maximum absolute atomic E-state index is 10.9. The van der Waals surface area contributed by atoms with Crippen molar-refractivity contribution < 1.29 is 30.3 Å². The van der Waals surface area contributed by atoms with E-state index in [2.05, 4.69) is 0 Å². The minimum Gasteiger partial charge on any atom is -0.504 e. The molecule has 0 fully saturated rings. The number of hydrogen-bond donors (Lipinski definition) is 5. The van der Waals surface area contributed by atoms with E-state index in [1.54, 1.807) is 6.07 Å². The van der Waals surface area contributed by atoms with Crippen molar-refractivity contribution in [2.24, 2.45) is 0 Å². The summed E-state index contributed by atoms with van der Waals surface area (Å²) < 4.78 is 5.45. The lowest BCUT2D eigenvalue weighted by Gasteiger charge is -2.36. The predicted molar refractivity (Wildman–Crippen MR) is 75.5 cm³/mol. The molecule has 0 spiro atoms. The summed E-state index contributed by atoms with van der Waals surface area (Å²) in [6.07, 6.45) is 0.266. The van der Waals surface area contributed by atoms with Crippen LogP contribution in [0.3, 0.4) is 0 Å². The SMILES string of the molecule is Oc1ccc2c(c1O)OC[C@]1(O)Cc3ccc(O)c(O)c3[C@H]21. The number of benzene rings is 2. The smallest absolute Gasteiger partial charge is 0.200 e. The highest BCUT2D eigenvalue weighted by Gasteiger charge is 2.52. The molecule has 2 aromatic carbocycles. The third-order valence-corrected chi connectivity index (χ3v) is 4.53. The van der Waals surface area contributed by atoms with Gasteiger partial charge in [-0.3, -0.25) is 0 Å². The molecule has 6 nitrogen and oxygen atoms in total. The predicted octanol–water partition coefficient (Wildman–Crippen LogP) is 1.32. The fourth-order valence-corrected chi connectivity index (χ4v) is 3.55. The van der Waals surface area contributed by atoms with E-state index in [0.29, 0.717) is 16.7 Å². The molecule has 1 aliphatic heterocycles. The lowest BCUT2D eigenvalue weighted by molar-refractivity contribution is -0.0231. The molecule has 0 saturated heterocycles. The van der Waals surface area contributed by atoms with Gasteiger partial charge in [-0.2, -0.15) is 0 Å². The Morgan fingerprint density at radius 1 is 0.955 bits per heavy atom. The van der Waals surface area contributed by atoms with Crippen molar-refractivity contribution in [3.63, 3.8) is 0 Å². The van der Waals surface area contributed by atoms with Gasteiger partial charge >= 0.3 is 0 Å². The quantitative estimate of drug-likeness (QED) is 0.469. The first-order chi connectivity index (χ1) is 10.4. The van der Waals surface area contributed by atoms with Crippen molar-refractivity contribution in [1.82, 2.24) is 0 Å². The van der Waals surface area contributed by atoms with Gasteiger partial charge in [0.05, 0.1) is 0 Å². The molecule has 1 heterocycles. The van der Waals surface area contributed by atoms with Crippen molar-refractivity contribution in [1.29, 1.82) is 0 Å². The van der Waals surface area contributed by atoms with Gasteiger partial charge in [-0.1, -0.05) is 12.1 Å². The summed E-state index contributed by atoms with van der Waals surface area (Å²) in [5, 5.41) is 50.4. The zero-order chi connectivity index (χ0) is 15.6. The monoisotopic (exact) mass is 302 g/mol. The van der Waals surface area contributed by atoms with E-state index < -0.39 is 17.3 Å². The van der Waals surface area contributed by atoms with E-state index >= 15 is 0 Å². The van der Waals surface area contributed by atoms with Crippen molar-refractivity contribution in [3.8, 4) is 28.7 Å². The molecule has 4 rings (SSSR count). The van der Waals surface area contributed by atoms with Crippen LogP contribution in [-0.4, -0.2) is 37.7 Å². The highest BCUT2D eigenvalue weighted by atomic mass is 16.5. The second kappa shape index (κ2) is 3.98. The Morgan fingerprint density at radius 3 is 2.41 bits per heavy atom. The van der Waals surface area contributed by atoms with E-state index in [1.807, 2.05) is 0 Å². The molecule has 1 aliphatic carbocycles. The van der Waals surface area contributed by atoms with Crippen LogP contribution in [0, 0.1) is 0 Å². The zero-order valence-corrected chi connectivity index (χ0v) is 11.4. The second-order valence-corrected chi connectivity index (χ2v) is 5.86. The third-order valence-electron chi connectivity index (χ3n) is 4.53. The maximum atomic E-state index is 10.9. The lowest BCUT2D eigenvalue weighted by Crippen LogP contribution is -2.43. The number of phenols is 4. The minimum atomic E-state index is -1.27. The molecule has 0 radical (unpaired) electrons. The topological polar surface area (TPSA) is 110 Å². The molecular formula is C16H14O6. The van der Waals surface area contributed by atoms with Crippen molar-refractivity contribution in [3.05, 3.63) is 41.0 Å². The van der Waals surface area contributed by atoms with Gasteiger partial charge in [0.2, 0.25) is 5.75 Å². The highest BCUT2D eigenvalue weighted by Crippen LogP contribution is 2.57. The molecule has 2 atom stereocenters. The molecular weight excluding hydrogens is 288 g/mol. The number of rotatable bonds is 0. The van der Waals surface area contributed by atoms with Crippen LogP contribution in [0.1, 0.15) is 22.6 Å². The summed E-state index contributed by atoms with van der Waals surface area (Å²) in [4.78, 5) is 0. The van der Waals surface area contributed by atoms with E-state index in [9.17, 15) is 25.5 Å². The molecule has 2 aliphatic rings. The molecule has 22 heavy (non-hydrogen) atoms. The number of fused-ring (bicyclic) bond motifs is 5. The average molecular weight is 302 g/mol. The van der Waals surface area contributed by atoms with Crippen LogP contribution in [0.25, 0.3) is 0 Å². The van der Waals surface area contributed by atoms with E-state index in [0.717, 1.165) is 0 Å². The molecule has 5 N–H and O–H groups in total. The first-order valence-electron chi connectivity index (χ1n) is 6.86. The van der Waals surface area contributed by atoms with Crippen LogP contribution in [-0.2, 0) is 6.42 Å². The Balaban J connectivity index is 2.01. The average Bonchev–Trinajstić information content (AvgIpc) is 2.80. The van der Waals surface area contributed by atoms with Crippen LogP contribution < -0.4 is 4.74 Å². The van der Waals surface area contributed by atoms with Gasteiger partial charge in [0.15, 0.2) is 23.0 Å². The summed E-state index contributed by atoms with van der Waals surface area (Å²) in [6.45, 7) is -0.0867. The number of ether oxygens (including phenoxy) is 1. The Bertz CT molecular complexity index is 800. The standard InChI is InChI=1S/C16H14O6/c17-9-3-1-7-5-16(21)6-22-15-8(2-4-10(18)14(15)20)12(16)11(7)13(9)19/h1-4,12,17-21H,5-6H2/t12-,16+/m0/s1. The first kappa shape index (κ1) is 13.1. The Hall–Kier alpha value is -2.60. The fourth-order valence-electron chi connectivity index (χ4n) is 3.55. The number of aromatic hydroxyl groups is 4. The zero-order valence-electron chi connectivity index (χ0n) is 11.4. The number of hydrogen-bond acceptors (Lipinski definition) is 6. The van der Waals surface area contributed by atoms with Crippen LogP contribution in [0.5, 0.6) is 28.7 Å². The van der Waals surface area contributed by atoms with Crippen LogP contribution in [0.2, 0.25) is 0 Å². The molecule has 0 aromatic heterocycles. The lowest BCUT2D eigenvalue weighted by atomic mass is 9.80. The van der Waals surface area contributed by atoms with Gasteiger partial charge in [0.1, 0.15) is 12.2 Å². The second-order valence-electron chi connectivity index (χ2n) is 5.86. The van der Waals surface area contributed by atoms with Crippen LogP contribution in [0.15, 0.2) is 24.3 Å². The van der Waals surface area contributed by atoms with Gasteiger partial charge in [-0.15, -0.1) is 0 Å². The van der Waals surface area contributed by atoms with Gasteiger partial charge in [0, 0.05) is 23.5 Å². The van der Waals surface area contributed by atoms with Gasteiger partial charge in [-0.05, 0) is 17.7 Å². The molecule has 114 valence electrons. The summed E-state index contributed by atoms with van der Waals surface area (Å²) in [6, 6.07) is 5.88. The molecule has 0 amide bonds. The van der Waals surface area contributed by atoms with Gasteiger partial charge < -0.3 is 30.3 Å². The molecule has 0 bridgehead atoms. The van der Waals surface area contributed by atoms with Gasteiger partial charge in [-0.25, -0.2) is 0 Å². The number of aliphatic hydroxyl groups is 1. The van der Waals surface area contributed by atoms with Crippen molar-refractivity contribution >= 4 is 0 Å². The summed E-state index contributed by atoms with van der Waals surface area (Å²) in [7, 11) is 0. The largest absolute Gasteiger partial charge is 0.504 e. The summed E-state index contributed by atoms with van der Waals surface area (Å²) in [5.41, 5.74) is 0.331. The van der Waals surface area contributed by atoms with E-state index in [1.165, 1.54) is 18.2 Å². The summed E-state index contributed by atoms with van der Waals surface area (Å²) >= 11 is 0. The minimum absolute atomic E-state index is 0.0867. The van der Waals surface area contributed by atoms with Crippen LogP contribution >= 0.6 is 0 Å². The fraction of sp³-hybridized carbons (Fsp3) is 0.250. The molecule has 6 heteroatoms.